The minimum absolute atomic E-state index is 0.0316. The number of ether oxygens (including phenoxy) is 2. The number of benzene rings is 2. The first-order chi connectivity index (χ1) is 15.6. The highest BCUT2D eigenvalue weighted by molar-refractivity contribution is 5.96. The molecule has 0 saturated heterocycles. The van der Waals surface area contributed by atoms with Gasteiger partial charge in [0, 0.05) is 25.1 Å². The lowest BCUT2D eigenvalue weighted by Crippen LogP contribution is -2.45. The maximum Gasteiger partial charge on any atom is 0.407 e. The third-order valence-corrected chi connectivity index (χ3v) is 6.09. The van der Waals surface area contributed by atoms with Gasteiger partial charge in [-0.25, -0.2) is 4.79 Å². The number of para-hydroxylation sites is 1. The predicted molar refractivity (Wildman–Crippen MR) is 122 cm³/mol. The molecule has 0 spiro atoms. The highest BCUT2D eigenvalue weighted by Gasteiger charge is 2.38. The molecule has 0 aliphatic heterocycles. The van der Waals surface area contributed by atoms with Gasteiger partial charge in [-0.15, -0.1) is 0 Å². The molecule has 7 nitrogen and oxygen atoms in total. The summed E-state index contributed by atoms with van der Waals surface area (Å²) >= 11 is 0. The number of aliphatic hydroxyl groups excluding tert-OH is 1. The quantitative estimate of drug-likeness (QED) is 0.519. The molecule has 0 bridgehead atoms. The molecule has 0 atom stereocenters. The van der Waals surface area contributed by atoms with Crippen molar-refractivity contribution in [3.63, 3.8) is 0 Å². The molecule has 3 rings (SSSR count). The van der Waals surface area contributed by atoms with Crippen molar-refractivity contribution in [3.8, 4) is 5.75 Å². The number of aliphatic hydroxyl groups is 1. The largest absolute Gasteiger partial charge is 0.496 e. The molecule has 0 heterocycles. The van der Waals surface area contributed by atoms with Crippen LogP contribution in [0.4, 0.5) is 4.79 Å². The van der Waals surface area contributed by atoms with Crippen LogP contribution in [0.1, 0.15) is 48.0 Å². The molecule has 2 amide bonds. The van der Waals surface area contributed by atoms with Gasteiger partial charge < -0.3 is 25.2 Å². The van der Waals surface area contributed by atoms with Gasteiger partial charge in [0.1, 0.15) is 11.9 Å². The Morgan fingerprint density at radius 3 is 2.41 bits per heavy atom. The number of amides is 2. The van der Waals surface area contributed by atoms with Crippen LogP contribution in [0.5, 0.6) is 5.75 Å². The standard InChI is InChI=1S/C25H32N2O5/c1-31-22-11-6-5-10-21(22)23(29)27-18-25(19-8-3-2-4-9-19)14-12-20(13-15-25)32-24(30)26-16-7-17-28/h2-6,8-11,20,28H,7,12-18H2,1H3,(H,26,30)(H,27,29). The van der Waals surface area contributed by atoms with Crippen LogP contribution in [0.15, 0.2) is 54.6 Å². The number of nitrogens with one attached hydrogen (secondary N) is 2. The Balaban J connectivity index is 1.65. The molecular formula is C25H32N2O5. The lowest BCUT2D eigenvalue weighted by atomic mass is 9.68. The minimum Gasteiger partial charge on any atom is -0.496 e. The monoisotopic (exact) mass is 440 g/mol. The summed E-state index contributed by atoms with van der Waals surface area (Å²) < 4.78 is 10.9. The first-order valence-corrected chi connectivity index (χ1v) is 11.1. The third-order valence-electron chi connectivity index (χ3n) is 6.09. The van der Waals surface area contributed by atoms with Crippen molar-refractivity contribution in [1.29, 1.82) is 0 Å². The van der Waals surface area contributed by atoms with Gasteiger partial charge in [0.15, 0.2) is 0 Å². The maximum absolute atomic E-state index is 12.9. The van der Waals surface area contributed by atoms with Crippen LogP contribution in [-0.4, -0.2) is 50.0 Å². The second-order valence-corrected chi connectivity index (χ2v) is 8.14. The Bertz CT molecular complexity index is 879. The van der Waals surface area contributed by atoms with Crippen molar-refractivity contribution in [2.45, 2.75) is 43.6 Å². The molecule has 32 heavy (non-hydrogen) atoms. The number of alkyl carbamates (subject to hydrolysis) is 1. The highest BCUT2D eigenvalue weighted by Crippen LogP contribution is 2.40. The van der Waals surface area contributed by atoms with Crippen LogP contribution in [-0.2, 0) is 10.2 Å². The first-order valence-electron chi connectivity index (χ1n) is 11.1. The van der Waals surface area contributed by atoms with Crippen molar-refractivity contribution in [3.05, 3.63) is 65.7 Å². The summed E-state index contributed by atoms with van der Waals surface area (Å²) in [5.74, 6) is 0.377. The molecule has 1 saturated carbocycles. The predicted octanol–water partition coefficient (Wildman–Crippen LogP) is 3.41. The van der Waals surface area contributed by atoms with E-state index in [0.29, 0.717) is 43.7 Å². The van der Waals surface area contributed by atoms with E-state index in [1.54, 1.807) is 19.2 Å². The molecule has 7 heteroatoms. The fourth-order valence-corrected chi connectivity index (χ4v) is 4.26. The fraction of sp³-hybridized carbons (Fsp3) is 0.440. The van der Waals surface area contributed by atoms with Crippen molar-refractivity contribution in [2.24, 2.45) is 0 Å². The van der Waals surface area contributed by atoms with Crippen LogP contribution < -0.4 is 15.4 Å². The van der Waals surface area contributed by atoms with Gasteiger partial charge in [-0.05, 0) is 49.8 Å². The Hall–Kier alpha value is -3.06. The van der Waals surface area contributed by atoms with E-state index >= 15 is 0 Å². The zero-order valence-electron chi connectivity index (χ0n) is 18.5. The Morgan fingerprint density at radius 2 is 1.72 bits per heavy atom. The molecule has 0 radical (unpaired) electrons. The van der Waals surface area contributed by atoms with Crippen molar-refractivity contribution < 1.29 is 24.2 Å². The summed E-state index contributed by atoms with van der Waals surface area (Å²) in [6, 6.07) is 17.4. The van der Waals surface area contributed by atoms with Gasteiger partial charge in [0.05, 0.1) is 12.7 Å². The topological polar surface area (TPSA) is 96.9 Å². The van der Waals surface area contributed by atoms with Gasteiger partial charge in [-0.3, -0.25) is 4.79 Å². The summed E-state index contributed by atoms with van der Waals surface area (Å²) in [5.41, 5.74) is 1.45. The summed E-state index contributed by atoms with van der Waals surface area (Å²) in [4.78, 5) is 24.9. The lowest BCUT2D eigenvalue weighted by molar-refractivity contribution is 0.0563. The number of carbonyl (C=O) groups excluding carboxylic acids is 2. The number of carbonyl (C=O) groups is 2. The van der Waals surface area contributed by atoms with Gasteiger partial charge >= 0.3 is 6.09 Å². The summed E-state index contributed by atoms with van der Waals surface area (Å²) in [7, 11) is 1.55. The highest BCUT2D eigenvalue weighted by atomic mass is 16.6. The SMILES string of the molecule is COc1ccccc1C(=O)NCC1(c2ccccc2)CCC(OC(=O)NCCCO)CC1. The molecule has 0 aromatic heterocycles. The average Bonchev–Trinajstić information content (AvgIpc) is 2.84. The Kier molecular flexibility index (Phi) is 8.50. The van der Waals surface area contributed by atoms with Crippen LogP contribution in [0.3, 0.4) is 0 Å². The zero-order valence-corrected chi connectivity index (χ0v) is 18.5. The van der Waals surface area contributed by atoms with Crippen LogP contribution in [0.25, 0.3) is 0 Å². The molecule has 1 aliphatic rings. The summed E-state index contributed by atoms with van der Waals surface area (Å²) in [5, 5.41) is 14.6. The number of rotatable bonds is 9. The normalized spacial score (nSPS) is 20.2. The third kappa shape index (κ3) is 6.01. The molecule has 1 fully saturated rings. The fourth-order valence-electron chi connectivity index (χ4n) is 4.26. The maximum atomic E-state index is 12.9. The second-order valence-electron chi connectivity index (χ2n) is 8.14. The number of hydrogen-bond acceptors (Lipinski definition) is 5. The molecule has 172 valence electrons. The van der Waals surface area contributed by atoms with Crippen LogP contribution >= 0.6 is 0 Å². The number of hydrogen-bond donors (Lipinski definition) is 3. The van der Waals surface area contributed by atoms with E-state index in [1.807, 2.05) is 30.3 Å². The molecular weight excluding hydrogens is 408 g/mol. The second kappa shape index (κ2) is 11.5. The van der Waals surface area contributed by atoms with Crippen LogP contribution in [0.2, 0.25) is 0 Å². The Labute approximate surface area is 189 Å². The molecule has 0 unspecified atom stereocenters. The smallest absolute Gasteiger partial charge is 0.407 e. The molecule has 1 aliphatic carbocycles. The van der Waals surface area contributed by atoms with Gasteiger partial charge in [0.2, 0.25) is 0 Å². The van der Waals surface area contributed by atoms with E-state index in [-0.39, 0.29) is 24.0 Å². The molecule has 2 aromatic rings. The summed E-state index contributed by atoms with van der Waals surface area (Å²) in [6.45, 7) is 0.915. The van der Waals surface area contributed by atoms with Crippen molar-refractivity contribution in [2.75, 3.05) is 26.8 Å². The van der Waals surface area contributed by atoms with E-state index in [1.165, 1.54) is 5.56 Å². The van der Waals surface area contributed by atoms with Gasteiger partial charge in [-0.2, -0.15) is 0 Å². The van der Waals surface area contributed by atoms with E-state index in [9.17, 15) is 9.59 Å². The van der Waals surface area contributed by atoms with Crippen molar-refractivity contribution >= 4 is 12.0 Å². The average molecular weight is 441 g/mol. The van der Waals surface area contributed by atoms with E-state index < -0.39 is 6.09 Å². The van der Waals surface area contributed by atoms with Crippen molar-refractivity contribution in [1.82, 2.24) is 10.6 Å². The molecule has 2 aromatic carbocycles. The van der Waals surface area contributed by atoms with Crippen LogP contribution in [0, 0.1) is 0 Å². The first kappa shape index (κ1) is 23.6. The van der Waals surface area contributed by atoms with E-state index in [2.05, 4.69) is 22.8 Å². The van der Waals surface area contributed by atoms with E-state index in [0.717, 1.165) is 12.8 Å². The molecule has 3 N–H and O–H groups in total. The lowest BCUT2D eigenvalue weighted by Gasteiger charge is -2.40. The zero-order chi connectivity index (χ0) is 22.8. The summed E-state index contributed by atoms with van der Waals surface area (Å²) in [6.07, 6.45) is 2.91. The number of methoxy groups -OCH3 is 1. The minimum atomic E-state index is -0.444. The van der Waals surface area contributed by atoms with Gasteiger partial charge in [0.25, 0.3) is 5.91 Å². The van der Waals surface area contributed by atoms with Gasteiger partial charge in [-0.1, -0.05) is 42.5 Å². The van der Waals surface area contributed by atoms with E-state index in [4.69, 9.17) is 14.6 Å². The Morgan fingerprint density at radius 1 is 1.03 bits per heavy atom.